The number of benzene rings is 1. The molecule has 1 saturated heterocycles. The van der Waals surface area contributed by atoms with Crippen molar-refractivity contribution in [3.8, 4) is 0 Å². The van der Waals surface area contributed by atoms with Gasteiger partial charge in [-0.1, -0.05) is 37.5 Å². The van der Waals surface area contributed by atoms with E-state index in [1.807, 2.05) is 18.2 Å². The third kappa shape index (κ3) is 4.50. The standard InChI is InChI=1S/C22H29N5O/c28-22(18-25-13-15-26(16-14-25)21-17-23-11-12-24-21)27(19-7-3-1-4-8-19)20-9-5-2-6-10-20/h1,3-4,7-8,11-12,17,20H,2,5-6,9-10,13-16,18H2. The number of aromatic nitrogens is 2. The summed E-state index contributed by atoms with van der Waals surface area (Å²) < 4.78 is 0. The van der Waals surface area contributed by atoms with E-state index in [0.717, 1.165) is 50.5 Å². The van der Waals surface area contributed by atoms with Crippen LogP contribution in [-0.4, -0.2) is 59.5 Å². The smallest absolute Gasteiger partial charge is 0.241 e. The van der Waals surface area contributed by atoms with Crippen molar-refractivity contribution >= 4 is 17.4 Å². The lowest BCUT2D eigenvalue weighted by molar-refractivity contribution is -0.120. The molecule has 6 heteroatoms. The van der Waals surface area contributed by atoms with Gasteiger partial charge < -0.3 is 9.80 Å². The average Bonchev–Trinajstić information content (AvgIpc) is 2.77. The molecular formula is C22H29N5O. The van der Waals surface area contributed by atoms with Crippen LogP contribution in [0.1, 0.15) is 32.1 Å². The Morgan fingerprint density at radius 2 is 1.75 bits per heavy atom. The van der Waals surface area contributed by atoms with Crippen LogP contribution in [0.3, 0.4) is 0 Å². The van der Waals surface area contributed by atoms with Crippen LogP contribution in [0.2, 0.25) is 0 Å². The second kappa shape index (κ2) is 9.15. The molecule has 1 aliphatic carbocycles. The Balaban J connectivity index is 1.39. The minimum absolute atomic E-state index is 0.228. The number of rotatable bonds is 5. The Hall–Kier alpha value is -2.47. The van der Waals surface area contributed by atoms with Crippen molar-refractivity contribution in [2.75, 3.05) is 42.5 Å². The quantitative estimate of drug-likeness (QED) is 0.799. The first-order valence-electron chi connectivity index (χ1n) is 10.4. The number of carbonyl (C=O) groups excluding carboxylic acids is 1. The maximum atomic E-state index is 13.3. The van der Waals surface area contributed by atoms with Gasteiger partial charge in [0.15, 0.2) is 0 Å². The first-order chi connectivity index (χ1) is 13.8. The molecule has 148 valence electrons. The van der Waals surface area contributed by atoms with Crippen LogP contribution in [0.25, 0.3) is 0 Å². The van der Waals surface area contributed by atoms with E-state index in [9.17, 15) is 4.79 Å². The second-order valence-electron chi connectivity index (χ2n) is 7.72. The van der Waals surface area contributed by atoms with Gasteiger partial charge in [-0.3, -0.25) is 14.7 Å². The number of para-hydroxylation sites is 1. The van der Waals surface area contributed by atoms with Crippen LogP contribution in [0.15, 0.2) is 48.9 Å². The van der Waals surface area contributed by atoms with Crippen LogP contribution in [0, 0.1) is 0 Å². The van der Waals surface area contributed by atoms with Crippen LogP contribution in [0.4, 0.5) is 11.5 Å². The fourth-order valence-electron chi connectivity index (χ4n) is 4.34. The van der Waals surface area contributed by atoms with E-state index in [2.05, 4.69) is 36.8 Å². The number of nitrogens with zero attached hydrogens (tertiary/aromatic N) is 5. The highest BCUT2D eigenvalue weighted by atomic mass is 16.2. The lowest BCUT2D eigenvalue weighted by atomic mass is 9.93. The third-order valence-electron chi connectivity index (χ3n) is 5.85. The van der Waals surface area contributed by atoms with Crippen molar-refractivity contribution in [2.24, 2.45) is 0 Å². The van der Waals surface area contributed by atoms with Crippen molar-refractivity contribution in [2.45, 2.75) is 38.1 Å². The number of hydrogen-bond acceptors (Lipinski definition) is 5. The topological polar surface area (TPSA) is 52.6 Å². The molecule has 1 aromatic heterocycles. The number of anilines is 2. The van der Waals surface area contributed by atoms with Crippen molar-refractivity contribution in [1.29, 1.82) is 0 Å². The maximum absolute atomic E-state index is 13.3. The molecule has 2 heterocycles. The van der Waals surface area contributed by atoms with Crippen LogP contribution < -0.4 is 9.80 Å². The summed E-state index contributed by atoms with van der Waals surface area (Å²) in [5, 5.41) is 0. The lowest BCUT2D eigenvalue weighted by Gasteiger charge is -2.38. The number of amides is 1. The molecule has 1 amide bonds. The minimum atomic E-state index is 0.228. The Bertz CT molecular complexity index is 740. The zero-order chi connectivity index (χ0) is 19.2. The maximum Gasteiger partial charge on any atom is 0.241 e. The van der Waals surface area contributed by atoms with Crippen LogP contribution in [-0.2, 0) is 4.79 Å². The molecular weight excluding hydrogens is 350 g/mol. The van der Waals surface area contributed by atoms with Crippen LogP contribution in [0.5, 0.6) is 0 Å². The van der Waals surface area contributed by atoms with E-state index in [1.54, 1.807) is 18.6 Å². The predicted octanol–water partition coefficient (Wildman–Crippen LogP) is 2.96. The summed E-state index contributed by atoms with van der Waals surface area (Å²) >= 11 is 0. The summed E-state index contributed by atoms with van der Waals surface area (Å²) in [4.78, 5) is 28.4. The van der Waals surface area contributed by atoms with Gasteiger partial charge in [0.1, 0.15) is 5.82 Å². The van der Waals surface area contributed by atoms with Crippen molar-refractivity contribution in [1.82, 2.24) is 14.9 Å². The lowest BCUT2D eigenvalue weighted by Crippen LogP contribution is -2.52. The monoisotopic (exact) mass is 379 g/mol. The molecule has 1 aliphatic heterocycles. The van der Waals surface area contributed by atoms with Gasteiger partial charge in [-0.05, 0) is 25.0 Å². The molecule has 2 fully saturated rings. The van der Waals surface area contributed by atoms with Crippen LogP contribution >= 0.6 is 0 Å². The first-order valence-corrected chi connectivity index (χ1v) is 10.4. The molecule has 4 rings (SSSR count). The van der Waals surface area contributed by atoms with Gasteiger partial charge in [-0.25, -0.2) is 4.98 Å². The number of piperazine rings is 1. The van der Waals surface area contributed by atoms with Gasteiger partial charge in [-0.2, -0.15) is 0 Å². The van der Waals surface area contributed by atoms with E-state index in [0.29, 0.717) is 12.6 Å². The summed E-state index contributed by atoms with van der Waals surface area (Å²) in [6.07, 6.45) is 11.2. The number of carbonyl (C=O) groups is 1. The Morgan fingerprint density at radius 1 is 1.00 bits per heavy atom. The molecule has 0 atom stereocenters. The summed E-state index contributed by atoms with van der Waals surface area (Å²) in [7, 11) is 0. The molecule has 28 heavy (non-hydrogen) atoms. The molecule has 2 aromatic rings. The van der Waals surface area contributed by atoms with Gasteiger partial charge in [0.2, 0.25) is 5.91 Å². The van der Waals surface area contributed by atoms with E-state index in [-0.39, 0.29) is 5.91 Å². The highest BCUT2D eigenvalue weighted by Gasteiger charge is 2.29. The van der Waals surface area contributed by atoms with E-state index < -0.39 is 0 Å². The van der Waals surface area contributed by atoms with Gasteiger partial charge in [0.05, 0.1) is 12.7 Å². The second-order valence-corrected chi connectivity index (χ2v) is 7.72. The van der Waals surface area contributed by atoms with E-state index in [1.165, 1.54) is 19.3 Å². The largest absolute Gasteiger partial charge is 0.353 e. The van der Waals surface area contributed by atoms with Crippen molar-refractivity contribution in [3.05, 3.63) is 48.9 Å². The molecule has 0 bridgehead atoms. The fourth-order valence-corrected chi connectivity index (χ4v) is 4.34. The molecule has 0 radical (unpaired) electrons. The van der Waals surface area contributed by atoms with Crippen molar-refractivity contribution < 1.29 is 4.79 Å². The predicted molar refractivity (Wildman–Crippen MR) is 111 cm³/mol. The molecule has 2 aliphatic rings. The minimum Gasteiger partial charge on any atom is -0.353 e. The third-order valence-corrected chi connectivity index (χ3v) is 5.85. The zero-order valence-electron chi connectivity index (χ0n) is 16.4. The molecule has 1 aromatic carbocycles. The summed E-state index contributed by atoms with van der Waals surface area (Å²) in [5.74, 6) is 1.15. The van der Waals surface area contributed by atoms with Crippen molar-refractivity contribution in [3.63, 3.8) is 0 Å². The van der Waals surface area contributed by atoms with Gasteiger partial charge in [-0.15, -0.1) is 0 Å². The SMILES string of the molecule is O=C(CN1CCN(c2cnccn2)CC1)N(c1ccccc1)C1CCCCC1. The Morgan fingerprint density at radius 3 is 2.43 bits per heavy atom. The normalized spacial score (nSPS) is 18.8. The van der Waals surface area contributed by atoms with E-state index >= 15 is 0 Å². The first kappa shape index (κ1) is 18.9. The molecule has 0 N–H and O–H groups in total. The van der Waals surface area contributed by atoms with E-state index in [4.69, 9.17) is 0 Å². The Kier molecular flexibility index (Phi) is 6.17. The van der Waals surface area contributed by atoms with Gasteiger partial charge in [0.25, 0.3) is 0 Å². The Labute approximate surface area is 167 Å². The zero-order valence-corrected chi connectivity index (χ0v) is 16.4. The summed E-state index contributed by atoms with van der Waals surface area (Å²) in [5.41, 5.74) is 1.04. The van der Waals surface area contributed by atoms with Gasteiger partial charge in [0, 0.05) is 50.3 Å². The summed E-state index contributed by atoms with van der Waals surface area (Å²) in [6, 6.07) is 10.5. The fraction of sp³-hybridized carbons (Fsp3) is 0.500. The average molecular weight is 380 g/mol. The molecule has 6 nitrogen and oxygen atoms in total. The molecule has 0 spiro atoms. The highest BCUT2D eigenvalue weighted by molar-refractivity contribution is 5.95. The number of hydrogen-bond donors (Lipinski definition) is 0. The molecule has 1 saturated carbocycles. The summed E-state index contributed by atoms with van der Waals surface area (Å²) in [6.45, 7) is 3.98. The van der Waals surface area contributed by atoms with Gasteiger partial charge >= 0.3 is 0 Å². The highest BCUT2D eigenvalue weighted by Crippen LogP contribution is 2.27. The molecule has 0 unspecified atom stereocenters.